The van der Waals surface area contributed by atoms with Crippen molar-refractivity contribution in [1.29, 1.82) is 0 Å². The van der Waals surface area contributed by atoms with E-state index in [0.717, 1.165) is 32.6 Å². The first-order valence-corrected chi connectivity index (χ1v) is 9.38. The highest BCUT2D eigenvalue weighted by Gasteiger charge is 2.11. The van der Waals surface area contributed by atoms with Crippen molar-refractivity contribution < 1.29 is 9.47 Å². The first-order valence-electron chi connectivity index (χ1n) is 7.52. The summed E-state index contributed by atoms with van der Waals surface area (Å²) in [6, 6.07) is 9.92. The van der Waals surface area contributed by atoms with Crippen LogP contribution in [0.2, 0.25) is 0 Å². The van der Waals surface area contributed by atoms with Gasteiger partial charge in [-0.15, -0.1) is 23.1 Å². The van der Waals surface area contributed by atoms with E-state index in [4.69, 9.17) is 14.5 Å². The Kier molecular flexibility index (Phi) is 5.37. The molecule has 4 nitrogen and oxygen atoms in total. The maximum absolute atomic E-state index is 5.37. The van der Waals surface area contributed by atoms with Crippen molar-refractivity contribution in [3.8, 4) is 33.3 Å². The number of ether oxygens (including phenoxy) is 2. The molecule has 0 N–H and O–H groups in total. The topological polar surface area (TPSA) is 44.2 Å². The third-order valence-electron chi connectivity index (χ3n) is 3.46. The lowest BCUT2D eigenvalue weighted by Crippen LogP contribution is -1.91. The van der Waals surface area contributed by atoms with Crippen molar-refractivity contribution in [2.24, 2.45) is 0 Å². The fourth-order valence-corrected chi connectivity index (χ4v) is 3.77. The quantitative estimate of drug-likeness (QED) is 0.580. The Morgan fingerprint density at radius 2 is 1.88 bits per heavy atom. The van der Waals surface area contributed by atoms with Crippen LogP contribution in [-0.2, 0) is 0 Å². The molecule has 0 aliphatic carbocycles. The minimum Gasteiger partial charge on any atom is -0.493 e. The minimum atomic E-state index is 0.704. The Balaban J connectivity index is 1.92. The molecular weight excluding hydrogens is 340 g/mol. The highest BCUT2D eigenvalue weighted by molar-refractivity contribution is 7.99. The predicted molar refractivity (Wildman–Crippen MR) is 100 cm³/mol. The zero-order chi connectivity index (χ0) is 16.9. The van der Waals surface area contributed by atoms with Crippen LogP contribution in [-0.4, -0.2) is 29.9 Å². The molecule has 0 atom stereocenters. The average molecular weight is 358 g/mol. The number of thioether (sulfide) groups is 1. The molecule has 0 spiro atoms. The maximum Gasteiger partial charge on any atom is 0.161 e. The lowest BCUT2D eigenvalue weighted by molar-refractivity contribution is 0.355. The van der Waals surface area contributed by atoms with E-state index in [0.29, 0.717) is 11.5 Å². The number of hydrogen-bond donors (Lipinski definition) is 0. The minimum absolute atomic E-state index is 0.704. The van der Waals surface area contributed by atoms with E-state index in [1.54, 1.807) is 37.3 Å². The molecule has 0 fully saturated rings. The van der Waals surface area contributed by atoms with Crippen molar-refractivity contribution >= 4 is 23.1 Å². The Labute approximate surface area is 149 Å². The fraction of sp³-hybridized carbons (Fsp3) is 0.222. The van der Waals surface area contributed by atoms with Gasteiger partial charge >= 0.3 is 0 Å². The van der Waals surface area contributed by atoms with Crippen LogP contribution in [0.25, 0.3) is 21.8 Å². The van der Waals surface area contributed by atoms with Crippen LogP contribution in [0.5, 0.6) is 11.5 Å². The van der Waals surface area contributed by atoms with Gasteiger partial charge in [-0.05, 0) is 36.1 Å². The van der Waals surface area contributed by atoms with Crippen molar-refractivity contribution in [2.45, 2.75) is 11.9 Å². The molecule has 0 unspecified atom stereocenters. The Bertz CT molecular complexity index is 833. The standard InChI is InChI=1S/C18H18N2O2S2/c1-4-23-17-10-13(7-8-19-17)18-20-14(11-24-18)12-5-6-15(21-2)16(9-12)22-3/h5-11H,4H2,1-3H3. The Hall–Kier alpha value is -2.05. The number of methoxy groups -OCH3 is 2. The summed E-state index contributed by atoms with van der Waals surface area (Å²) in [7, 11) is 3.27. The summed E-state index contributed by atoms with van der Waals surface area (Å²) in [5.74, 6) is 2.42. The number of pyridine rings is 1. The normalized spacial score (nSPS) is 10.6. The molecule has 1 aromatic carbocycles. The van der Waals surface area contributed by atoms with E-state index in [2.05, 4.69) is 23.4 Å². The molecule has 0 radical (unpaired) electrons. The van der Waals surface area contributed by atoms with E-state index in [9.17, 15) is 0 Å². The molecule has 0 aliphatic heterocycles. The third kappa shape index (κ3) is 3.55. The van der Waals surface area contributed by atoms with Crippen LogP contribution in [0.1, 0.15) is 6.92 Å². The predicted octanol–water partition coefficient (Wildman–Crippen LogP) is 5.00. The monoisotopic (exact) mass is 358 g/mol. The summed E-state index contributed by atoms with van der Waals surface area (Å²) in [6.07, 6.45) is 1.84. The second kappa shape index (κ2) is 7.68. The van der Waals surface area contributed by atoms with Crippen LogP contribution < -0.4 is 9.47 Å². The zero-order valence-corrected chi connectivity index (χ0v) is 15.4. The molecule has 3 aromatic rings. The van der Waals surface area contributed by atoms with Crippen LogP contribution in [0, 0.1) is 0 Å². The molecule has 0 bridgehead atoms. The number of thiazole rings is 1. The smallest absolute Gasteiger partial charge is 0.161 e. The number of aromatic nitrogens is 2. The summed E-state index contributed by atoms with van der Waals surface area (Å²) in [6.45, 7) is 2.12. The molecule has 3 rings (SSSR count). The molecule has 0 amide bonds. The van der Waals surface area contributed by atoms with Gasteiger partial charge < -0.3 is 9.47 Å². The van der Waals surface area contributed by atoms with Gasteiger partial charge in [0.05, 0.1) is 24.9 Å². The van der Waals surface area contributed by atoms with Crippen molar-refractivity contribution in [1.82, 2.24) is 9.97 Å². The molecular formula is C18H18N2O2S2. The second-order valence-electron chi connectivity index (χ2n) is 4.92. The Morgan fingerprint density at radius 3 is 2.62 bits per heavy atom. The van der Waals surface area contributed by atoms with Gasteiger partial charge in [-0.2, -0.15) is 0 Å². The van der Waals surface area contributed by atoms with E-state index in [-0.39, 0.29) is 0 Å². The number of rotatable bonds is 6. The van der Waals surface area contributed by atoms with Gasteiger partial charge in [0, 0.05) is 22.7 Å². The summed E-state index contributed by atoms with van der Waals surface area (Å²) in [5, 5.41) is 4.07. The van der Waals surface area contributed by atoms with E-state index < -0.39 is 0 Å². The van der Waals surface area contributed by atoms with E-state index in [1.165, 1.54) is 0 Å². The molecule has 2 aromatic heterocycles. The lowest BCUT2D eigenvalue weighted by Gasteiger charge is -2.08. The number of benzene rings is 1. The summed E-state index contributed by atoms with van der Waals surface area (Å²) in [5.41, 5.74) is 3.03. The van der Waals surface area contributed by atoms with Crippen LogP contribution >= 0.6 is 23.1 Å². The van der Waals surface area contributed by atoms with Gasteiger partial charge in [-0.3, -0.25) is 0 Å². The van der Waals surface area contributed by atoms with Crippen molar-refractivity contribution in [3.63, 3.8) is 0 Å². The van der Waals surface area contributed by atoms with Gasteiger partial charge in [-0.25, -0.2) is 9.97 Å². The van der Waals surface area contributed by atoms with Crippen molar-refractivity contribution in [3.05, 3.63) is 41.9 Å². The Morgan fingerprint density at radius 1 is 1.04 bits per heavy atom. The molecule has 124 valence electrons. The molecule has 24 heavy (non-hydrogen) atoms. The highest BCUT2D eigenvalue weighted by atomic mass is 32.2. The average Bonchev–Trinajstić information content (AvgIpc) is 3.12. The second-order valence-corrected chi connectivity index (χ2v) is 7.07. The third-order valence-corrected chi connectivity index (χ3v) is 5.16. The highest BCUT2D eigenvalue weighted by Crippen LogP contribution is 2.35. The molecule has 0 saturated heterocycles. The van der Waals surface area contributed by atoms with Gasteiger partial charge in [0.1, 0.15) is 5.01 Å². The first-order chi connectivity index (χ1) is 11.7. The SMILES string of the molecule is CCSc1cc(-c2nc(-c3ccc(OC)c(OC)c3)cs2)ccn1. The zero-order valence-electron chi connectivity index (χ0n) is 13.8. The van der Waals surface area contributed by atoms with Gasteiger partial charge in [0.25, 0.3) is 0 Å². The molecule has 0 aliphatic rings. The largest absolute Gasteiger partial charge is 0.493 e. The van der Waals surface area contributed by atoms with Gasteiger partial charge in [0.2, 0.25) is 0 Å². The van der Waals surface area contributed by atoms with Gasteiger partial charge in [-0.1, -0.05) is 6.92 Å². The summed E-state index contributed by atoms with van der Waals surface area (Å²) >= 11 is 3.36. The molecule has 0 saturated carbocycles. The number of nitrogens with zero attached hydrogens (tertiary/aromatic N) is 2. The molecule has 6 heteroatoms. The summed E-state index contributed by atoms with van der Waals surface area (Å²) in [4.78, 5) is 9.14. The van der Waals surface area contributed by atoms with Crippen LogP contribution in [0.4, 0.5) is 0 Å². The van der Waals surface area contributed by atoms with Crippen molar-refractivity contribution in [2.75, 3.05) is 20.0 Å². The van der Waals surface area contributed by atoms with E-state index >= 15 is 0 Å². The van der Waals surface area contributed by atoms with Crippen LogP contribution in [0.15, 0.2) is 46.9 Å². The maximum atomic E-state index is 5.37. The van der Waals surface area contributed by atoms with Crippen LogP contribution in [0.3, 0.4) is 0 Å². The van der Waals surface area contributed by atoms with E-state index in [1.807, 2.05) is 30.5 Å². The number of hydrogen-bond acceptors (Lipinski definition) is 6. The van der Waals surface area contributed by atoms with Gasteiger partial charge in [0.15, 0.2) is 11.5 Å². The lowest BCUT2D eigenvalue weighted by atomic mass is 10.1. The fourth-order valence-electron chi connectivity index (χ4n) is 2.30. The summed E-state index contributed by atoms with van der Waals surface area (Å²) < 4.78 is 10.7. The molecule has 2 heterocycles. The first kappa shape index (κ1) is 16.8.